The van der Waals surface area contributed by atoms with Gasteiger partial charge in [0.25, 0.3) is 6.43 Å². The second-order valence-corrected chi connectivity index (χ2v) is 5.11. The van der Waals surface area contributed by atoms with Crippen molar-refractivity contribution in [2.45, 2.75) is 39.2 Å². The van der Waals surface area contributed by atoms with E-state index in [4.69, 9.17) is 0 Å². The molecular formula is C11H15BrF2N2. The lowest BCUT2D eigenvalue weighted by Gasteiger charge is -2.25. The zero-order chi connectivity index (χ0) is 12.3. The highest BCUT2D eigenvalue weighted by molar-refractivity contribution is 9.10. The molecule has 1 aromatic heterocycles. The quantitative estimate of drug-likeness (QED) is 0.891. The Morgan fingerprint density at radius 3 is 2.62 bits per heavy atom. The molecule has 0 amide bonds. The fraction of sp³-hybridized carbons (Fsp3) is 0.545. The average Bonchev–Trinajstić information content (AvgIpc) is 2.20. The van der Waals surface area contributed by atoms with Gasteiger partial charge in [-0.2, -0.15) is 0 Å². The summed E-state index contributed by atoms with van der Waals surface area (Å²) in [6.07, 6.45) is -0.215. The van der Waals surface area contributed by atoms with Gasteiger partial charge in [-0.15, -0.1) is 0 Å². The van der Waals surface area contributed by atoms with Crippen molar-refractivity contribution in [1.82, 2.24) is 4.98 Å². The van der Waals surface area contributed by atoms with E-state index in [2.05, 4.69) is 26.2 Å². The smallest absolute Gasteiger partial charge is 0.265 e. The average molecular weight is 293 g/mol. The predicted octanol–water partition coefficient (Wildman–Crippen LogP) is 4.38. The van der Waals surface area contributed by atoms with Gasteiger partial charge in [-0.1, -0.05) is 6.92 Å². The molecule has 5 heteroatoms. The first-order valence-corrected chi connectivity index (χ1v) is 5.87. The number of rotatable bonds is 4. The first-order chi connectivity index (χ1) is 7.35. The van der Waals surface area contributed by atoms with Gasteiger partial charge in [0, 0.05) is 21.8 Å². The Kier molecular flexibility index (Phi) is 4.24. The fourth-order valence-corrected chi connectivity index (χ4v) is 1.51. The zero-order valence-electron chi connectivity index (χ0n) is 9.52. The molecule has 0 aliphatic carbocycles. The van der Waals surface area contributed by atoms with Crippen molar-refractivity contribution in [3.63, 3.8) is 0 Å². The van der Waals surface area contributed by atoms with Crippen LogP contribution in [0.5, 0.6) is 0 Å². The number of pyridine rings is 1. The summed E-state index contributed by atoms with van der Waals surface area (Å²) in [6.45, 7) is 6.03. The van der Waals surface area contributed by atoms with Crippen molar-refractivity contribution in [2.75, 3.05) is 5.32 Å². The van der Waals surface area contributed by atoms with Crippen molar-refractivity contribution < 1.29 is 8.78 Å². The standard InChI is InChI=1S/C11H15BrF2N2/c1-4-11(2,3)16-9-5-7(10(13)14)8(12)6-15-9/h5-6,10H,4H2,1-3H3,(H,15,16). The Balaban J connectivity index is 2.95. The summed E-state index contributed by atoms with van der Waals surface area (Å²) in [4.78, 5) is 4.06. The highest BCUT2D eigenvalue weighted by atomic mass is 79.9. The Bertz CT molecular complexity index is 367. The molecule has 0 bridgehead atoms. The summed E-state index contributed by atoms with van der Waals surface area (Å²) in [5.41, 5.74) is -0.190. The number of hydrogen-bond donors (Lipinski definition) is 1. The summed E-state index contributed by atoms with van der Waals surface area (Å²) in [5.74, 6) is 0.477. The van der Waals surface area contributed by atoms with Gasteiger partial charge in [0.1, 0.15) is 5.82 Å². The maximum absolute atomic E-state index is 12.6. The number of alkyl halides is 2. The van der Waals surface area contributed by atoms with Crippen LogP contribution in [0.15, 0.2) is 16.7 Å². The molecule has 0 fully saturated rings. The molecule has 0 aliphatic rings. The Morgan fingerprint density at radius 2 is 2.12 bits per heavy atom. The van der Waals surface area contributed by atoms with Gasteiger partial charge in [0.05, 0.1) is 0 Å². The summed E-state index contributed by atoms with van der Waals surface area (Å²) in [6, 6.07) is 1.38. The number of aromatic nitrogens is 1. The topological polar surface area (TPSA) is 24.9 Å². The van der Waals surface area contributed by atoms with Crippen LogP contribution in [0.2, 0.25) is 0 Å². The van der Waals surface area contributed by atoms with Crippen molar-refractivity contribution >= 4 is 21.7 Å². The highest BCUT2D eigenvalue weighted by Gasteiger charge is 2.18. The maximum Gasteiger partial charge on any atom is 0.265 e. The third-order valence-corrected chi connectivity index (χ3v) is 3.13. The summed E-state index contributed by atoms with van der Waals surface area (Å²) in [5, 5.41) is 3.13. The Labute approximate surface area is 103 Å². The zero-order valence-corrected chi connectivity index (χ0v) is 11.1. The number of nitrogens with one attached hydrogen (secondary N) is 1. The number of nitrogens with zero attached hydrogens (tertiary/aromatic N) is 1. The minimum absolute atomic E-state index is 0.0376. The SMILES string of the molecule is CCC(C)(C)Nc1cc(C(F)F)c(Br)cn1. The van der Waals surface area contributed by atoms with Gasteiger partial charge in [-0.25, -0.2) is 13.8 Å². The molecule has 0 radical (unpaired) electrons. The molecule has 0 saturated carbocycles. The molecule has 1 aromatic rings. The monoisotopic (exact) mass is 292 g/mol. The van der Waals surface area contributed by atoms with Gasteiger partial charge in [0.2, 0.25) is 0 Å². The fourth-order valence-electron chi connectivity index (χ4n) is 1.12. The number of hydrogen-bond acceptors (Lipinski definition) is 2. The Morgan fingerprint density at radius 1 is 1.50 bits per heavy atom. The second-order valence-electron chi connectivity index (χ2n) is 4.25. The molecule has 0 atom stereocenters. The minimum Gasteiger partial charge on any atom is -0.365 e. The lowest BCUT2D eigenvalue weighted by atomic mass is 10.0. The molecule has 0 saturated heterocycles. The second kappa shape index (κ2) is 5.08. The third kappa shape index (κ3) is 3.40. The lowest BCUT2D eigenvalue weighted by molar-refractivity contribution is 0.150. The van der Waals surface area contributed by atoms with Gasteiger partial charge in [0.15, 0.2) is 0 Å². The van der Waals surface area contributed by atoms with Gasteiger partial charge >= 0.3 is 0 Å². The van der Waals surface area contributed by atoms with Crippen LogP contribution in [0.3, 0.4) is 0 Å². The number of halogens is 3. The minimum atomic E-state index is -2.50. The van der Waals surface area contributed by atoms with E-state index in [0.717, 1.165) is 6.42 Å². The van der Waals surface area contributed by atoms with Gasteiger partial charge in [-0.3, -0.25) is 0 Å². The molecule has 0 aliphatic heterocycles. The molecule has 90 valence electrons. The van der Waals surface area contributed by atoms with Gasteiger partial charge < -0.3 is 5.32 Å². The van der Waals surface area contributed by atoms with Crippen LogP contribution in [-0.4, -0.2) is 10.5 Å². The van der Waals surface area contributed by atoms with Crippen LogP contribution < -0.4 is 5.32 Å². The van der Waals surface area contributed by atoms with Crippen molar-refractivity contribution in [3.05, 3.63) is 22.3 Å². The predicted molar refractivity (Wildman–Crippen MR) is 64.9 cm³/mol. The van der Waals surface area contributed by atoms with E-state index >= 15 is 0 Å². The van der Waals surface area contributed by atoms with Crippen molar-refractivity contribution in [3.8, 4) is 0 Å². The first-order valence-electron chi connectivity index (χ1n) is 5.07. The molecule has 0 unspecified atom stereocenters. The van der Waals surface area contributed by atoms with Crippen LogP contribution in [0.4, 0.5) is 14.6 Å². The summed E-state index contributed by atoms with van der Waals surface area (Å²) in [7, 11) is 0. The van der Waals surface area contributed by atoms with Crippen LogP contribution in [0, 0.1) is 0 Å². The molecule has 16 heavy (non-hydrogen) atoms. The molecule has 0 spiro atoms. The normalized spacial score (nSPS) is 11.9. The lowest BCUT2D eigenvalue weighted by Crippen LogP contribution is -2.30. The van der Waals surface area contributed by atoms with E-state index in [-0.39, 0.29) is 11.1 Å². The molecule has 2 nitrogen and oxygen atoms in total. The maximum atomic E-state index is 12.6. The Hall–Kier alpha value is -0.710. The third-order valence-electron chi connectivity index (χ3n) is 2.47. The molecular weight excluding hydrogens is 278 g/mol. The van der Waals surface area contributed by atoms with Crippen LogP contribution >= 0.6 is 15.9 Å². The molecule has 1 rings (SSSR count). The van der Waals surface area contributed by atoms with Crippen LogP contribution in [0.1, 0.15) is 39.2 Å². The van der Waals surface area contributed by atoms with Crippen LogP contribution in [0.25, 0.3) is 0 Å². The van der Waals surface area contributed by atoms with E-state index in [1.807, 2.05) is 20.8 Å². The number of anilines is 1. The largest absolute Gasteiger partial charge is 0.365 e. The summed E-state index contributed by atoms with van der Waals surface area (Å²) >= 11 is 3.06. The molecule has 1 heterocycles. The van der Waals surface area contributed by atoms with E-state index in [0.29, 0.717) is 10.3 Å². The summed E-state index contributed by atoms with van der Waals surface area (Å²) < 4.78 is 25.6. The highest BCUT2D eigenvalue weighted by Crippen LogP contribution is 2.29. The van der Waals surface area contributed by atoms with Gasteiger partial charge in [-0.05, 0) is 42.3 Å². The van der Waals surface area contributed by atoms with E-state index in [9.17, 15) is 8.78 Å². The molecule has 1 N–H and O–H groups in total. The first kappa shape index (κ1) is 13.4. The molecule has 0 aromatic carbocycles. The van der Waals surface area contributed by atoms with Crippen molar-refractivity contribution in [2.24, 2.45) is 0 Å². The van der Waals surface area contributed by atoms with E-state index in [1.54, 1.807) is 0 Å². The van der Waals surface area contributed by atoms with Crippen LogP contribution in [-0.2, 0) is 0 Å². The van der Waals surface area contributed by atoms with E-state index < -0.39 is 6.43 Å². The van der Waals surface area contributed by atoms with E-state index in [1.165, 1.54) is 12.3 Å². The van der Waals surface area contributed by atoms with Crippen molar-refractivity contribution in [1.29, 1.82) is 0 Å².